The van der Waals surface area contributed by atoms with E-state index < -0.39 is 6.09 Å². The zero-order valence-electron chi connectivity index (χ0n) is 10.4. The van der Waals surface area contributed by atoms with Gasteiger partial charge in [-0.15, -0.1) is 0 Å². The Hall–Kier alpha value is -1.93. The first-order valence-electron chi connectivity index (χ1n) is 5.16. The summed E-state index contributed by atoms with van der Waals surface area (Å²) < 4.78 is 9.30. The van der Waals surface area contributed by atoms with Crippen LogP contribution in [0.2, 0.25) is 0 Å². The van der Waals surface area contributed by atoms with E-state index in [1.807, 2.05) is 12.1 Å². The van der Waals surface area contributed by atoms with Crippen molar-refractivity contribution in [3.8, 4) is 0 Å². The maximum Gasteiger partial charge on any atom is 0.413 e. The number of amides is 1. The van der Waals surface area contributed by atoms with Crippen LogP contribution in [0.15, 0.2) is 24.3 Å². The minimum atomic E-state index is -0.643. The maximum absolute atomic E-state index is 11.0. The lowest BCUT2D eigenvalue weighted by atomic mass is 10.2. The highest BCUT2D eigenvalue weighted by Gasteiger charge is 2.07. The molecule has 0 saturated carbocycles. The van der Waals surface area contributed by atoms with E-state index in [0.717, 1.165) is 0 Å². The molecule has 0 aromatic heterocycles. The van der Waals surface area contributed by atoms with Crippen molar-refractivity contribution in [2.45, 2.75) is 0 Å². The summed E-state index contributed by atoms with van der Waals surface area (Å²) in [5.74, 6) is 0. The van der Waals surface area contributed by atoms with Gasteiger partial charge in [-0.2, -0.15) is 0 Å². The lowest BCUT2D eigenvalue weighted by molar-refractivity contribution is 0.177. The van der Waals surface area contributed by atoms with E-state index in [1.165, 1.54) is 14.2 Å². The number of hydrogen-bond acceptors (Lipinski definition) is 5. The molecular formula is C11H13N3O3S2. The van der Waals surface area contributed by atoms with Crippen LogP contribution in [0, 0.1) is 0 Å². The van der Waals surface area contributed by atoms with Crippen molar-refractivity contribution in [3.63, 3.8) is 0 Å². The molecule has 1 aromatic rings. The van der Waals surface area contributed by atoms with Gasteiger partial charge in [-0.25, -0.2) is 4.79 Å². The standard InChI is InChI=1S/C11H13N3O3S2/c1-16-10(15)14-9(18)12-7-5-3-4-6-8(7)13-11(19)17-2/h3-6H,1-2H3,(H,13,19)(H2,12,14,15,18). The number of ether oxygens (including phenoxy) is 2. The number of thiocarbonyl (C=S) groups is 2. The molecule has 102 valence electrons. The molecule has 1 aromatic carbocycles. The van der Waals surface area contributed by atoms with Gasteiger partial charge in [-0.05, 0) is 36.6 Å². The quantitative estimate of drug-likeness (QED) is 0.722. The molecular weight excluding hydrogens is 286 g/mol. The molecule has 8 heteroatoms. The third-order valence-electron chi connectivity index (χ3n) is 2.00. The van der Waals surface area contributed by atoms with Crippen LogP contribution in [0.4, 0.5) is 16.2 Å². The predicted molar refractivity (Wildman–Crippen MR) is 81.4 cm³/mol. The molecule has 0 aliphatic rings. The number of benzene rings is 1. The molecule has 1 amide bonds. The number of para-hydroxylation sites is 2. The minimum Gasteiger partial charge on any atom is -0.474 e. The highest BCUT2D eigenvalue weighted by molar-refractivity contribution is 7.80. The molecule has 0 saturated heterocycles. The molecule has 3 N–H and O–H groups in total. The van der Waals surface area contributed by atoms with Crippen LogP contribution in [-0.2, 0) is 9.47 Å². The molecule has 0 atom stereocenters. The van der Waals surface area contributed by atoms with Gasteiger partial charge in [0.15, 0.2) is 5.11 Å². The second-order valence-electron chi connectivity index (χ2n) is 3.23. The second kappa shape index (κ2) is 7.49. The van der Waals surface area contributed by atoms with Gasteiger partial charge < -0.3 is 20.1 Å². The van der Waals surface area contributed by atoms with Crippen molar-refractivity contribution in [1.29, 1.82) is 0 Å². The Balaban J connectivity index is 2.75. The SMILES string of the molecule is COC(=O)NC(=S)Nc1ccccc1NC(=S)OC. The van der Waals surface area contributed by atoms with Crippen LogP contribution in [0.1, 0.15) is 0 Å². The van der Waals surface area contributed by atoms with Crippen molar-refractivity contribution in [2.75, 3.05) is 24.9 Å². The Morgan fingerprint density at radius 3 is 2.16 bits per heavy atom. The van der Waals surface area contributed by atoms with E-state index in [1.54, 1.807) is 12.1 Å². The van der Waals surface area contributed by atoms with Crippen LogP contribution < -0.4 is 16.0 Å². The first-order valence-corrected chi connectivity index (χ1v) is 5.98. The lowest BCUT2D eigenvalue weighted by Crippen LogP contribution is -2.34. The first-order chi connectivity index (χ1) is 9.06. The Morgan fingerprint density at radius 1 is 1.05 bits per heavy atom. The topological polar surface area (TPSA) is 71.6 Å². The number of carbonyl (C=O) groups excluding carboxylic acids is 1. The molecule has 19 heavy (non-hydrogen) atoms. The predicted octanol–water partition coefficient (Wildman–Crippen LogP) is 2.08. The zero-order valence-corrected chi connectivity index (χ0v) is 12.0. The van der Waals surface area contributed by atoms with Crippen LogP contribution in [0.3, 0.4) is 0 Å². The fourth-order valence-electron chi connectivity index (χ4n) is 1.16. The van der Waals surface area contributed by atoms with Gasteiger partial charge in [0.05, 0.1) is 25.6 Å². The Bertz CT molecular complexity index is 494. The smallest absolute Gasteiger partial charge is 0.413 e. The van der Waals surface area contributed by atoms with Gasteiger partial charge in [-0.1, -0.05) is 12.1 Å². The van der Waals surface area contributed by atoms with E-state index >= 15 is 0 Å². The Labute approximate surface area is 121 Å². The van der Waals surface area contributed by atoms with E-state index in [2.05, 4.69) is 20.7 Å². The maximum atomic E-state index is 11.0. The molecule has 0 unspecified atom stereocenters. The van der Waals surface area contributed by atoms with Gasteiger partial charge in [0.2, 0.25) is 0 Å². The highest BCUT2D eigenvalue weighted by atomic mass is 32.1. The fourth-order valence-corrected chi connectivity index (χ4v) is 1.46. The number of rotatable bonds is 2. The molecule has 0 spiro atoms. The third-order valence-corrected chi connectivity index (χ3v) is 2.47. The summed E-state index contributed by atoms with van der Waals surface area (Å²) in [4.78, 5) is 11.0. The summed E-state index contributed by atoms with van der Waals surface area (Å²) in [5.41, 5.74) is 1.31. The number of nitrogens with one attached hydrogen (secondary N) is 3. The van der Waals surface area contributed by atoms with Crippen LogP contribution in [0.25, 0.3) is 0 Å². The number of methoxy groups -OCH3 is 2. The molecule has 0 aliphatic carbocycles. The highest BCUT2D eigenvalue weighted by Crippen LogP contribution is 2.20. The van der Waals surface area contributed by atoms with E-state index in [-0.39, 0.29) is 10.3 Å². The Morgan fingerprint density at radius 2 is 1.63 bits per heavy atom. The number of hydrogen-bond donors (Lipinski definition) is 3. The number of carbonyl (C=O) groups is 1. The van der Waals surface area contributed by atoms with Gasteiger partial charge >= 0.3 is 6.09 Å². The number of alkyl carbamates (subject to hydrolysis) is 1. The van der Waals surface area contributed by atoms with E-state index in [9.17, 15) is 4.79 Å². The van der Waals surface area contributed by atoms with E-state index in [4.69, 9.17) is 29.2 Å². The summed E-state index contributed by atoms with van der Waals surface area (Å²) in [6.45, 7) is 0. The molecule has 0 heterocycles. The number of anilines is 2. The monoisotopic (exact) mass is 299 g/mol. The van der Waals surface area contributed by atoms with Gasteiger partial charge in [0, 0.05) is 0 Å². The summed E-state index contributed by atoms with van der Waals surface area (Å²) >= 11 is 9.88. The molecule has 6 nitrogen and oxygen atoms in total. The first kappa shape index (κ1) is 15.1. The van der Waals surface area contributed by atoms with E-state index in [0.29, 0.717) is 11.4 Å². The fraction of sp³-hybridized carbons (Fsp3) is 0.182. The molecule has 1 rings (SSSR count). The van der Waals surface area contributed by atoms with Crippen LogP contribution >= 0.6 is 24.4 Å². The van der Waals surface area contributed by atoms with Gasteiger partial charge in [-0.3, -0.25) is 5.32 Å². The van der Waals surface area contributed by atoms with Crippen molar-refractivity contribution < 1.29 is 14.3 Å². The molecule has 0 aliphatic heterocycles. The third kappa shape index (κ3) is 5.06. The van der Waals surface area contributed by atoms with Crippen molar-refractivity contribution in [1.82, 2.24) is 5.32 Å². The summed E-state index contributed by atoms with van der Waals surface area (Å²) in [6.07, 6.45) is -0.643. The average molecular weight is 299 g/mol. The molecule has 0 radical (unpaired) electrons. The van der Waals surface area contributed by atoms with Gasteiger partial charge in [0.1, 0.15) is 0 Å². The molecule has 0 fully saturated rings. The van der Waals surface area contributed by atoms with Crippen molar-refractivity contribution >= 4 is 52.2 Å². The summed E-state index contributed by atoms with van der Waals surface area (Å²) in [6, 6.07) is 7.19. The largest absolute Gasteiger partial charge is 0.474 e. The normalized spacial score (nSPS) is 9.16. The minimum absolute atomic E-state index is 0.115. The van der Waals surface area contributed by atoms with Crippen molar-refractivity contribution in [2.24, 2.45) is 0 Å². The summed E-state index contributed by atoms with van der Waals surface area (Å²) in [5, 5.41) is 8.40. The van der Waals surface area contributed by atoms with Gasteiger partial charge in [0.25, 0.3) is 5.17 Å². The molecule has 0 bridgehead atoms. The van der Waals surface area contributed by atoms with Crippen LogP contribution in [-0.4, -0.2) is 30.6 Å². The average Bonchev–Trinajstić information content (AvgIpc) is 2.40. The zero-order chi connectivity index (χ0) is 14.3. The van der Waals surface area contributed by atoms with Crippen LogP contribution in [0.5, 0.6) is 0 Å². The second-order valence-corrected chi connectivity index (χ2v) is 4.01. The Kier molecular flexibility index (Phi) is 5.97. The van der Waals surface area contributed by atoms with Crippen molar-refractivity contribution in [3.05, 3.63) is 24.3 Å². The lowest BCUT2D eigenvalue weighted by Gasteiger charge is -2.14. The summed E-state index contributed by atoms with van der Waals surface area (Å²) in [7, 11) is 2.72.